The van der Waals surface area contributed by atoms with E-state index in [2.05, 4.69) is 72.8 Å². The highest BCUT2D eigenvalue weighted by Gasteiger charge is 2.20. The Morgan fingerprint density at radius 3 is 2.12 bits per heavy atom. The number of quaternary nitrogens is 1. The second kappa shape index (κ2) is 7.37. The minimum absolute atomic E-state index is 0.376. The molecule has 1 aliphatic rings. The maximum atomic E-state index is 10.7. The smallest absolute Gasteiger partial charge is 0.121 e. The molecule has 0 bridgehead atoms. The van der Waals surface area contributed by atoms with Crippen molar-refractivity contribution in [2.75, 3.05) is 32.8 Å². The number of benzene rings is 2. The Kier molecular flexibility index (Phi) is 5.15. The van der Waals surface area contributed by atoms with E-state index in [1.165, 1.54) is 15.7 Å². The second-order valence-corrected chi connectivity index (χ2v) is 8.49. The van der Waals surface area contributed by atoms with Gasteiger partial charge in [-0.3, -0.25) is 0 Å². The van der Waals surface area contributed by atoms with Crippen molar-refractivity contribution in [3.8, 4) is 0 Å². The van der Waals surface area contributed by atoms with Crippen molar-refractivity contribution < 1.29 is 14.7 Å². The number of hydrogen-bond donors (Lipinski definition) is 2. The van der Waals surface area contributed by atoms with Crippen molar-refractivity contribution in [1.82, 2.24) is 4.57 Å². The molecule has 2 aromatic carbocycles. The summed E-state index contributed by atoms with van der Waals surface area (Å²) in [4.78, 5) is 1.42. The van der Waals surface area contributed by atoms with Gasteiger partial charge in [-0.25, -0.2) is 0 Å². The minimum atomic E-state index is -0.376. The molecule has 25 heavy (non-hydrogen) atoms. The van der Waals surface area contributed by atoms with Crippen LogP contribution in [-0.4, -0.2) is 48.6 Å². The Hall–Kier alpha value is -0.920. The fourth-order valence-electron chi connectivity index (χ4n) is 3.72. The summed E-state index contributed by atoms with van der Waals surface area (Å²) in [6.45, 7) is 4.90. The first kappa shape index (κ1) is 17.5. The van der Waals surface area contributed by atoms with Crippen LogP contribution in [0.3, 0.4) is 0 Å². The van der Waals surface area contributed by atoms with Crippen LogP contribution in [0, 0.1) is 0 Å². The first-order valence-corrected chi connectivity index (χ1v) is 10.2. The fraction of sp³-hybridized carbons (Fsp3) is 0.368. The predicted molar refractivity (Wildman–Crippen MR) is 107 cm³/mol. The van der Waals surface area contributed by atoms with Gasteiger partial charge in [0.25, 0.3) is 0 Å². The molecule has 2 N–H and O–H groups in total. The highest BCUT2D eigenvalue weighted by molar-refractivity contribution is 9.10. The summed E-state index contributed by atoms with van der Waals surface area (Å²) >= 11 is 7.15. The topological polar surface area (TPSA) is 38.8 Å². The number of hydrogen-bond acceptors (Lipinski definition) is 2. The molecular weight excluding hydrogens is 448 g/mol. The molecule has 4 nitrogen and oxygen atoms in total. The number of aromatic nitrogens is 1. The lowest BCUT2D eigenvalue weighted by atomic mass is 10.2. The minimum Gasteiger partial charge on any atom is -0.385 e. The van der Waals surface area contributed by atoms with E-state index in [1.54, 1.807) is 0 Å². The molecule has 0 spiro atoms. The summed E-state index contributed by atoms with van der Waals surface area (Å²) in [6.07, 6.45) is -0.376. The van der Waals surface area contributed by atoms with Crippen LogP contribution in [0.5, 0.6) is 0 Å². The van der Waals surface area contributed by atoms with Crippen LogP contribution >= 0.6 is 31.9 Å². The van der Waals surface area contributed by atoms with Crippen molar-refractivity contribution in [2.45, 2.75) is 12.6 Å². The zero-order valence-corrected chi connectivity index (χ0v) is 17.0. The molecule has 1 aliphatic heterocycles. The first-order valence-electron chi connectivity index (χ1n) is 8.58. The fourth-order valence-corrected chi connectivity index (χ4v) is 4.44. The van der Waals surface area contributed by atoms with E-state index in [4.69, 9.17) is 4.74 Å². The summed E-state index contributed by atoms with van der Waals surface area (Å²) in [6, 6.07) is 12.7. The number of morpholine rings is 1. The third-order valence-corrected chi connectivity index (χ3v) is 5.89. The Morgan fingerprint density at radius 2 is 1.56 bits per heavy atom. The summed E-state index contributed by atoms with van der Waals surface area (Å²) < 4.78 is 9.79. The number of nitrogens with one attached hydrogen (secondary N) is 1. The van der Waals surface area contributed by atoms with E-state index in [9.17, 15) is 5.11 Å². The quantitative estimate of drug-likeness (QED) is 0.617. The molecule has 0 unspecified atom stereocenters. The van der Waals surface area contributed by atoms with Gasteiger partial charge in [-0.2, -0.15) is 0 Å². The molecule has 132 valence electrons. The van der Waals surface area contributed by atoms with E-state index >= 15 is 0 Å². The number of aliphatic hydroxyl groups is 1. The number of halogens is 2. The zero-order chi connectivity index (χ0) is 17.4. The molecule has 1 atom stereocenters. The Morgan fingerprint density at radius 1 is 1.00 bits per heavy atom. The summed E-state index contributed by atoms with van der Waals surface area (Å²) in [5, 5.41) is 13.1. The molecular formula is C19H21Br2N2O2+. The van der Waals surface area contributed by atoms with E-state index in [1.807, 2.05) is 0 Å². The largest absolute Gasteiger partial charge is 0.385 e. The summed E-state index contributed by atoms with van der Waals surface area (Å²) in [7, 11) is 0. The highest BCUT2D eigenvalue weighted by atomic mass is 79.9. The summed E-state index contributed by atoms with van der Waals surface area (Å²) in [5.74, 6) is 0. The second-order valence-electron chi connectivity index (χ2n) is 6.65. The lowest BCUT2D eigenvalue weighted by Crippen LogP contribution is -3.15. The lowest BCUT2D eigenvalue weighted by molar-refractivity contribution is -0.911. The van der Waals surface area contributed by atoms with E-state index in [0.29, 0.717) is 6.54 Å². The molecule has 1 fully saturated rings. The van der Waals surface area contributed by atoms with Crippen LogP contribution in [0.25, 0.3) is 21.8 Å². The van der Waals surface area contributed by atoms with E-state index < -0.39 is 0 Å². The standard InChI is InChI=1S/C19H20Br2N2O2/c20-13-1-3-18-16(9-13)17-10-14(21)2-4-19(17)23(18)12-15(24)11-22-5-7-25-8-6-22/h1-4,9-10,15,24H,5-8,11-12H2/p+1/t15-/m1/s1. The molecule has 1 saturated heterocycles. The van der Waals surface area contributed by atoms with Gasteiger partial charge in [0, 0.05) is 30.8 Å². The van der Waals surface area contributed by atoms with Crippen molar-refractivity contribution in [2.24, 2.45) is 0 Å². The van der Waals surface area contributed by atoms with Crippen LogP contribution in [0.4, 0.5) is 0 Å². The SMILES string of the molecule is O[C@@H](Cn1c2ccc(Br)cc2c2cc(Br)ccc21)C[NH+]1CCOCC1. The highest BCUT2D eigenvalue weighted by Crippen LogP contribution is 2.33. The Balaban J connectivity index is 1.69. The third kappa shape index (κ3) is 3.64. The Bertz CT molecular complexity index is 844. The predicted octanol–water partition coefficient (Wildman–Crippen LogP) is 2.60. The van der Waals surface area contributed by atoms with Gasteiger partial charge in [0.05, 0.1) is 19.8 Å². The number of ether oxygens (including phenoxy) is 1. The average Bonchev–Trinajstić information content (AvgIpc) is 2.88. The molecule has 2 heterocycles. The molecule has 0 amide bonds. The molecule has 0 aliphatic carbocycles. The molecule has 6 heteroatoms. The van der Waals surface area contributed by atoms with Crippen molar-refractivity contribution in [1.29, 1.82) is 0 Å². The van der Waals surface area contributed by atoms with Gasteiger partial charge in [-0.05, 0) is 36.4 Å². The lowest BCUT2D eigenvalue weighted by Gasteiger charge is -2.26. The number of aliphatic hydroxyl groups excluding tert-OH is 1. The number of nitrogens with zero attached hydrogens (tertiary/aromatic N) is 1. The Labute approximate surface area is 163 Å². The van der Waals surface area contributed by atoms with Crippen LogP contribution < -0.4 is 4.90 Å². The first-order chi connectivity index (χ1) is 12.1. The van der Waals surface area contributed by atoms with Crippen molar-refractivity contribution in [3.05, 3.63) is 45.3 Å². The van der Waals surface area contributed by atoms with E-state index in [0.717, 1.165) is 52.8 Å². The molecule has 0 radical (unpaired) electrons. The maximum Gasteiger partial charge on any atom is 0.121 e. The number of fused-ring (bicyclic) bond motifs is 3. The van der Waals surface area contributed by atoms with E-state index in [-0.39, 0.29) is 6.10 Å². The van der Waals surface area contributed by atoms with Gasteiger partial charge in [0.15, 0.2) is 0 Å². The van der Waals surface area contributed by atoms with Gasteiger partial charge < -0.3 is 19.3 Å². The average molecular weight is 469 g/mol. The zero-order valence-electron chi connectivity index (χ0n) is 13.8. The molecule has 4 rings (SSSR count). The summed E-state index contributed by atoms with van der Waals surface area (Å²) in [5.41, 5.74) is 2.32. The van der Waals surface area contributed by atoms with Gasteiger partial charge in [0.1, 0.15) is 25.7 Å². The van der Waals surface area contributed by atoms with Crippen LogP contribution in [0.1, 0.15) is 0 Å². The van der Waals surface area contributed by atoms with Crippen molar-refractivity contribution in [3.63, 3.8) is 0 Å². The number of rotatable bonds is 4. The van der Waals surface area contributed by atoms with Crippen LogP contribution in [-0.2, 0) is 11.3 Å². The van der Waals surface area contributed by atoms with Gasteiger partial charge in [-0.15, -0.1) is 0 Å². The maximum absolute atomic E-state index is 10.7. The third-order valence-electron chi connectivity index (χ3n) is 4.91. The molecule has 3 aromatic rings. The van der Waals surface area contributed by atoms with Crippen molar-refractivity contribution >= 4 is 53.7 Å². The molecule has 1 aromatic heterocycles. The van der Waals surface area contributed by atoms with Gasteiger partial charge in [-0.1, -0.05) is 31.9 Å². The van der Waals surface area contributed by atoms with Crippen LogP contribution in [0.15, 0.2) is 45.3 Å². The normalized spacial score (nSPS) is 17.4. The van der Waals surface area contributed by atoms with Crippen LogP contribution in [0.2, 0.25) is 0 Å². The van der Waals surface area contributed by atoms with Gasteiger partial charge >= 0.3 is 0 Å². The monoisotopic (exact) mass is 467 g/mol. The van der Waals surface area contributed by atoms with Gasteiger partial charge in [0.2, 0.25) is 0 Å². The molecule has 0 saturated carbocycles.